The maximum atomic E-state index is 12.7. The summed E-state index contributed by atoms with van der Waals surface area (Å²) in [4.78, 5) is 38.7. The molecule has 3 amide bonds. The second kappa shape index (κ2) is 5.79. The standard InChI is InChI=1S/C16H18N2O4/c19-14-10-12(11-6-2-1-3-7-11)15(20)18(14)13-8-4-5-9-17(13)16(21)22/h1-3,6-7,12-13H,4-5,8-10H2,(H,21,22). The van der Waals surface area contributed by atoms with Crippen molar-refractivity contribution in [2.24, 2.45) is 0 Å². The summed E-state index contributed by atoms with van der Waals surface area (Å²) in [7, 11) is 0. The van der Waals surface area contributed by atoms with Gasteiger partial charge in [0, 0.05) is 13.0 Å². The average molecular weight is 302 g/mol. The largest absolute Gasteiger partial charge is 0.465 e. The van der Waals surface area contributed by atoms with Crippen molar-refractivity contribution in [3.05, 3.63) is 35.9 Å². The van der Waals surface area contributed by atoms with Gasteiger partial charge in [-0.25, -0.2) is 4.79 Å². The number of benzene rings is 1. The van der Waals surface area contributed by atoms with Crippen LogP contribution in [-0.4, -0.2) is 45.5 Å². The summed E-state index contributed by atoms with van der Waals surface area (Å²) in [5.74, 6) is -1.06. The SMILES string of the molecule is O=C(O)N1CCCCC1N1C(=O)CC(c2ccccc2)C1=O. The number of piperidine rings is 1. The van der Waals surface area contributed by atoms with E-state index >= 15 is 0 Å². The van der Waals surface area contributed by atoms with E-state index in [4.69, 9.17) is 0 Å². The summed E-state index contributed by atoms with van der Waals surface area (Å²) in [6.07, 6.45) is 0.495. The van der Waals surface area contributed by atoms with E-state index in [1.54, 1.807) is 0 Å². The molecule has 0 saturated carbocycles. The summed E-state index contributed by atoms with van der Waals surface area (Å²) in [6, 6.07) is 9.18. The average Bonchev–Trinajstić information content (AvgIpc) is 2.83. The van der Waals surface area contributed by atoms with Crippen molar-refractivity contribution in [3.8, 4) is 0 Å². The molecule has 1 aromatic carbocycles. The minimum atomic E-state index is -1.08. The van der Waals surface area contributed by atoms with Gasteiger partial charge < -0.3 is 5.11 Å². The smallest absolute Gasteiger partial charge is 0.408 e. The zero-order chi connectivity index (χ0) is 15.7. The van der Waals surface area contributed by atoms with Crippen LogP contribution in [-0.2, 0) is 9.59 Å². The first-order chi connectivity index (χ1) is 10.6. The van der Waals surface area contributed by atoms with Gasteiger partial charge in [-0.3, -0.25) is 19.4 Å². The van der Waals surface area contributed by atoms with E-state index in [-0.39, 0.29) is 18.2 Å². The third kappa shape index (κ3) is 2.45. The Morgan fingerprint density at radius 3 is 2.55 bits per heavy atom. The van der Waals surface area contributed by atoms with Crippen LogP contribution < -0.4 is 0 Å². The lowest BCUT2D eigenvalue weighted by Crippen LogP contribution is -2.54. The number of carbonyl (C=O) groups is 3. The molecule has 3 rings (SSSR count). The minimum Gasteiger partial charge on any atom is -0.465 e. The number of likely N-dealkylation sites (tertiary alicyclic amines) is 2. The molecule has 0 bridgehead atoms. The van der Waals surface area contributed by atoms with Gasteiger partial charge in [-0.2, -0.15) is 0 Å². The van der Waals surface area contributed by atoms with E-state index < -0.39 is 18.2 Å². The predicted octanol–water partition coefficient (Wildman–Crippen LogP) is 2.02. The van der Waals surface area contributed by atoms with Gasteiger partial charge in [-0.1, -0.05) is 30.3 Å². The second-order valence-electron chi connectivity index (χ2n) is 5.72. The van der Waals surface area contributed by atoms with Crippen molar-refractivity contribution >= 4 is 17.9 Å². The van der Waals surface area contributed by atoms with Crippen molar-refractivity contribution in [2.45, 2.75) is 37.8 Å². The maximum absolute atomic E-state index is 12.7. The number of imide groups is 1. The molecular weight excluding hydrogens is 284 g/mol. The molecule has 0 radical (unpaired) electrons. The molecule has 0 aliphatic carbocycles. The number of carbonyl (C=O) groups excluding carboxylic acids is 2. The Hall–Kier alpha value is -2.37. The van der Waals surface area contributed by atoms with Crippen LogP contribution in [0, 0.1) is 0 Å². The Bertz CT molecular complexity index is 601. The van der Waals surface area contributed by atoms with Crippen LogP contribution in [0.5, 0.6) is 0 Å². The van der Waals surface area contributed by atoms with Crippen LogP contribution in [0.25, 0.3) is 0 Å². The van der Waals surface area contributed by atoms with Gasteiger partial charge in [0.25, 0.3) is 0 Å². The zero-order valence-electron chi connectivity index (χ0n) is 12.1. The Morgan fingerprint density at radius 2 is 1.86 bits per heavy atom. The highest BCUT2D eigenvalue weighted by molar-refractivity contribution is 6.06. The molecule has 6 nitrogen and oxygen atoms in total. The van der Waals surface area contributed by atoms with Gasteiger partial charge in [0.2, 0.25) is 11.8 Å². The first-order valence-electron chi connectivity index (χ1n) is 7.50. The highest BCUT2D eigenvalue weighted by atomic mass is 16.4. The Balaban J connectivity index is 1.86. The van der Waals surface area contributed by atoms with Crippen molar-refractivity contribution in [1.82, 2.24) is 9.80 Å². The molecule has 2 heterocycles. The van der Waals surface area contributed by atoms with Crippen LogP contribution in [0.4, 0.5) is 4.79 Å². The monoisotopic (exact) mass is 302 g/mol. The molecular formula is C16H18N2O4. The Labute approximate surface area is 128 Å². The fourth-order valence-corrected chi connectivity index (χ4v) is 3.32. The topological polar surface area (TPSA) is 77.9 Å². The van der Waals surface area contributed by atoms with E-state index in [2.05, 4.69) is 0 Å². The summed E-state index contributed by atoms with van der Waals surface area (Å²) in [5.41, 5.74) is 0.807. The highest BCUT2D eigenvalue weighted by Crippen LogP contribution is 2.33. The van der Waals surface area contributed by atoms with E-state index in [0.29, 0.717) is 13.0 Å². The molecule has 2 saturated heterocycles. The van der Waals surface area contributed by atoms with Gasteiger partial charge in [0.05, 0.1) is 5.92 Å². The molecule has 6 heteroatoms. The third-order valence-corrected chi connectivity index (χ3v) is 4.40. The van der Waals surface area contributed by atoms with Gasteiger partial charge >= 0.3 is 6.09 Å². The van der Waals surface area contributed by atoms with Gasteiger partial charge in [0.15, 0.2) is 0 Å². The summed E-state index contributed by atoms with van der Waals surface area (Å²) >= 11 is 0. The van der Waals surface area contributed by atoms with E-state index in [9.17, 15) is 19.5 Å². The first-order valence-corrected chi connectivity index (χ1v) is 7.50. The number of amides is 3. The number of hydrogen-bond donors (Lipinski definition) is 1. The van der Waals surface area contributed by atoms with Crippen molar-refractivity contribution < 1.29 is 19.5 Å². The summed E-state index contributed by atoms with van der Waals surface area (Å²) in [6.45, 7) is 0.368. The lowest BCUT2D eigenvalue weighted by molar-refractivity contribution is -0.146. The lowest BCUT2D eigenvalue weighted by atomic mass is 9.98. The molecule has 2 unspecified atom stereocenters. The molecule has 22 heavy (non-hydrogen) atoms. The predicted molar refractivity (Wildman–Crippen MR) is 78.0 cm³/mol. The fourth-order valence-electron chi connectivity index (χ4n) is 3.32. The summed E-state index contributed by atoms with van der Waals surface area (Å²) in [5, 5.41) is 9.30. The summed E-state index contributed by atoms with van der Waals surface area (Å²) < 4.78 is 0. The number of carboxylic acid groups (broad SMARTS) is 1. The normalized spacial score (nSPS) is 25.6. The van der Waals surface area contributed by atoms with Crippen molar-refractivity contribution in [1.29, 1.82) is 0 Å². The van der Waals surface area contributed by atoms with Crippen molar-refractivity contribution in [3.63, 3.8) is 0 Å². The van der Waals surface area contributed by atoms with Crippen LogP contribution in [0.15, 0.2) is 30.3 Å². The molecule has 116 valence electrons. The van der Waals surface area contributed by atoms with E-state index in [0.717, 1.165) is 18.4 Å². The second-order valence-corrected chi connectivity index (χ2v) is 5.72. The molecule has 0 spiro atoms. The van der Waals surface area contributed by atoms with Crippen LogP contribution in [0.3, 0.4) is 0 Å². The van der Waals surface area contributed by atoms with Crippen LogP contribution in [0.1, 0.15) is 37.2 Å². The van der Waals surface area contributed by atoms with E-state index in [1.165, 1.54) is 9.80 Å². The maximum Gasteiger partial charge on any atom is 0.408 e. The van der Waals surface area contributed by atoms with E-state index in [1.807, 2.05) is 30.3 Å². The highest BCUT2D eigenvalue weighted by Gasteiger charge is 2.46. The molecule has 2 aliphatic heterocycles. The minimum absolute atomic E-state index is 0.118. The van der Waals surface area contributed by atoms with Gasteiger partial charge in [-0.05, 0) is 24.8 Å². The zero-order valence-corrected chi connectivity index (χ0v) is 12.1. The quantitative estimate of drug-likeness (QED) is 0.848. The van der Waals surface area contributed by atoms with Crippen molar-refractivity contribution in [2.75, 3.05) is 6.54 Å². The molecule has 2 fully saturated rings. The third-order valence-electron chi connectivity index (χ3n) is 4.40. The first kappa shape index (κ1) is 14.6. The fraction of sp³-hybridized carbons (Fsp3) is 0.438. The molecule has 1 aromatic rings. The lowest BCUT2D eigenvalue weighted by Gasteiger charge is -2.38. The molecule has 0 aromatic heterocycles. The number of nitrogens with zero attached hydrogens (tertiary/aromatic N) is 2. The Kier molecular flexibility index (Phi) is 3.83. The molecule has 1 N–H and O–H groups in total. The van der Waals surface area contributed by atoms with Crippen LogP contribution >= 0.6 is 0 Å². The van der Waals surface area contributed by atoms with Gasteiger partial charge in [0.1, 0.15) is 6.17 Å². The number of rotatable bonds is 2. The van der Waals surface area contributed by atoms with Gasteiger partial charge in [-0.15, -0.1) is 0 Å². The molecule has 2 aliphatic rings. The van der Waals surface area contributed by atoms with Crippen LogP contribution in [0.2, 0.25) is 0 Å². The Morgan fingerprint density at radius 1 is 1.14 bits per heavy atom. The molecule has 2 atom stereocenters. The number of hydrogen-bond acceptors (Lipinski definition) is 3.